The van der Waals surface area contributed by atoms with Crippen LogP contribution in [0.15, 0.2) is 42.5 Å². The van der Waals surface area contributed by atoms with Crippen LogP contribution in [0.5, 0.6) is 11.5 Å². The van der Waals surface area contributed by atoms with Crippen LogP contribution in [-0.2, 0) is 0 Å². The molecule has 3 aromatic rings. The number of benzene rings is 2. The zero-order chi connectivity index (χ0) is 19.4. The molecule has 0 bridgehead atoms. The van der Waals surface area contributed by atoms with Crippen molar-refractivity contribution >= 4 is 45.4 Å². The molecule has 0 atom stereocenters. The summed E-state index contributed by atoms with van der Waals surface area (Å²) in [4.78, 5) is 17.4. The van der Waals surface area contributed by atoms with Crippen LogP contribution in [0.25, 0.3) is 0 Å². The molecule has 3 rings (SSSR count). The number of nitrogens with zero attached hydrogens (tertiary/aromatic N) is 1. The van der Waals surface area contributed by atoms with E-state index < -0.39 is 0 Å². The second-order valence-corrected chi connectivity index (χ2v) is 6.93. The average molecular weight is 404 g/mol. The molecule has 8 heteroatoms. The lowest BCUT2D eigenvalue weighted by Gasteiger charge is -2.09. The Bertz CT molecular complexity index is 957. The Labute approximate surface area is 165 Å². The third-order valence-electron chi connectivity index (χ3n) is 3.69. The van der Waals surface area contributed by atoms with Crippen molar-refractivity contribution in [3.63, 3.8) is 0 Å². The Morgan fingerprint density at radius 1 is 1.26 bits per heavy atom. The minimum Gasteiger partial charge on any atom is -0.495 e. The summed E-state index contributed by atoms with van der Waals surface area (Å²) in [7, 11) is 1.56. The van der Waals surface area contributed by atoms with Crippen LogP contribution in [0.1, 0.15) is 22.2 Å². The van der Waals surface area contributed by atoms with Gasteiger partial charge in [0.15, 0.2) is 5.13 Å². The number of anilines is 3. The van der Waals surface area contributed by atoms with E-state index in [0.29, 0.717) is 44.4 Å². The molecular weight excluding hydrogens is 386 g/mol. The molecule has 140 valence electrons. The van der Waals surface area contributed by atoms with Gasteiger partial charge in [-0.15, -0.1) is 0 Å². The number of thiazole rings is 1. The van der Waals surface area contributed by atoms with E-state index in [1.165, 1.54) is 11.3 Å². The number of hydrogen-bond acceptors (Lipinski definition) is 7. The lowest BCUT2D eigenvalue weighted by atomic mass is 10.1. The van der Waals surface area contributed by atoms with Crippen molar-refractivity contribution in [2.24, 2.45) is 0 Å². The highest BCUT2D eigenvalue weighted by Gasteiger charge is 2.19. The topological polar surface area (TPSA) is 86.5 Å². The monoisotopic (exact) mass is 403 g/mol. The molecule has 27 heavy (non-hydrogen) atoms. The van der Waals surface area contributed by atoms with E-state index in [1.54, 1.807) is 49.6 Å². The van der Waals surface area contributed by atoms with Crippen LogP contribution in [0, 0.1) is 0 Å². The summed E-state index contributed by atoms with van der Waals surface area (Å²) in [5, 5.41) is 4.13. The van der Waals surface area contributed by atoms with Gasteiger partial charge in [-0.05, 0) is 49.4 Å². The van der Waals surface area contributed by atoms with Gasteiger partial charge in [0.1, 0.15) is 22.2 Å². The molecule has 0 amide bonds. The highest BCUT2D eigenvalue weighted by Crippen LogP contribution is 2.34. The lowest BCUT2D eigenvalue weighted by molar-refractivity contribution is 0.104. The van der Waals surface area contributed by atoms with Gasteiger partial charge in [-0.3, -0.25) is 4.79 Å². The number of aromatic nitrogens is 1. The number of nitrogens with one attached hydrogen (secondary N) is 1. The van der Waals surface area contributed by atoms with Gasteiger partial charge < -0.3 is 20.5 Å². The summed E-state index contributed by atoms with van der Waals surface area (Å²) in [5.41, 5.74) is 7.12. The zero-order valence-corrected chi connectivity index (χ0v) is 16.4. The van der Waals surface area contributed by atoms with Crippen molar-refractivity contribution in [2.45, 2.75) is 6.92 Å². The fourth-order valence-electron chi connectivity index (χ4n) is 2.44. The van der Waals surface area contributed by atoms with Crippen LogP contribution in [0.3, 0.4) is 0 Å². The molecule has 0 radical (unpaired) electrons. The number of rotatable bonds is 7. The van der Waals surface area contributed by atoms with Gasteiger partial charge in [0, 0.05) is 10.6 Å². The number of ketones is 1. The number of halogens is 1. The number of methoxy groups -OCH3 is 1. The maximum Gasteiger partial charge on any atom is 0.206 e. The van der Waals surface area contributed by atoms with Crippen molar-refractivity contribution in [3.8, 4) is 11.5 Å². The second-order valence-electron chi connectivity index (χ2n) is 5.49. The summed E-state index contributed by atoms with van der Waals surface area (Å²) >= 11 is 7.21. The van der Waals surface area contributed by atoms with Gasteiger partial charge in [-0.1, -0.05) is 22.9 Å². The predicted molar refractivity (Wildman–Crippen MR) is 109 cm³/mol. The van der Waals surface area contributed by atoms with E-state index in [4.69, 9.17) is 26.8 Å². The van der Waals surface area contributed by atoms with Gasteiger partial charge in [0.25, 0.3) is 0 Å². The molecular formula is C19H18ClN3O3S. The second kappa shape index (κ2) is 8.28. The number of carbonyl (C=O) groups is 1. The third kappa shape index (κ3) is 4.32. The minimum absolute atomic E-state index is 0.169. The molecule has 1 aromatic heterocycles. The summed E-state index contributed by atoms with van der Waals surface area (Å²) in [6.45, 7) is 2.47. The molecule has 0 fully saturated rings. The summed E-state index contributed by atoms with van der Waals surface area (Å²) in [5.74, 6) is 1.29. The molecule has 6 nitrogen and oxygen atoms in total. The van der Waals surface area contributed by atoms with Gasteiger partial charge in [0.2, 0.25) is 5.78 Å². The Hall–Kier alpha value is -2.77. The molecule has 0 aliphatic carbocycles. The van der Waals surface area contributed by atoms with E-state index in [1.807, 2.05) is 6.92 Å². The number of hydrogen-bond donors (Lipinski definition) is 2. The predicted octanol–water partition coefficient (Wildman–Crippen LogP) is 4.76. The lowest BCUT2D eigenvalue weighted by Crippen LogP contribution is -2.02. The first kappa shape index (κ1) is 19.0. The van der Waals surface area contributed by atoms with E-state index in [-0.39, 0.29) is 11.6 Å². The summed E-state index contributed by atoms with van der Waals surface area (Å²) < 4.78 is 10.7. The van der Waals surface area contributed by atoms with Crippen LogP contribution >= 0.6 is 22.9 Å². The third-order valence-corrected chi connectivity index (χ3v) is 4.91. The molecule has 0 aliphatic rings. The van der Waals surface area contributed by atoms with Crippen molar-refractivity contribution in [2.75, 3.05) is 24.8 Å². The van der Waals surface area contributed by atoms with Crippen LogP contribution in [0.4, 0.5) is 16.6 Å². The molecule has 0 unspecified atom stereocenters. The number of nitrogens with two attached hydrogens (primary N) is 1. The SMILES string of the molecule is CCOc1ccc(C(=O)c2sc(Nc3cc(Cl)ccc3OC)nc2N)cc1. The first-order chi connectivity index (χ1) is 13.0. The smallest absolute Gasteiger partial charge is 0.206 e. The van der Waals surface area contributed by atoms with E-state index >= 15 is 0 Å². The van der Waals surface area contributed by atoms with E-state index in [0.717, 1.165) is 0 Å². The van der Waals surface area contributed by atoms with Crippen LogP contribution < -0.4 is 20.5 Å². The van der Waals surface area contributed by atoms with Crippen molar-refractivity contribution in [1.29, 1.82) is 0 Å². The molecule has 3 N–H and O–H groups in total. The first-order valence-corrected chi connectivity index (χ1v) is 9.35. The number of ether oxygens (including phenoxy) is 2. The highest BCUT2D eigenvalue weighted by atomic mass is 35.5. The van der Waals surface area contributed by atoms with Crippen LogP contribution in [0.2, 0.25) is 5.02 Å². The molecule has 2 aromatic carbocycles. The Morgan fingerprint density at radius 2 is 2.00 bits per heavy atom. The fraction of sp³-hybridized carbons (Fsp3) is 0.158. The van der Waals surface area contributed by atoms with Gasteiger partial charge in [-0.25, -0.2) is 4.98 Å². The van der Waals surface area contributed by atoms with Gasteiger partial charge in [-0.2, -0.15) is 0 Å². The average Bonchev–Trinajstić information content (AvgIpc) is 3.02. The summed E-state index contributed by atoms with van der Waals surface area (Å²) in [6, 6.07) is 12.1. The number of nitrogen functional groups attached to an aromatic ring is 1. The van der Waals surface area contributed by atoms with E-state index in [2.05, 4.69) is 10.3 Å². The molecule has 0 spiro atoms. The van der Waals surface area contributed by atoms with Gasteiger partial charge >= 0.3 is 0 Å². The normalized spacial score (nSPS) is 10.5. The number of carbonyl (C=O) groups excluding carboxylic acids is 1. The van der Waals surface area contributed by atoms with Crippen LogP contribution in [-0.4, -0.2) is 24.5 Å². The Balaban J connectivity index is 1.84. The van der Waals surface area contributed by atoms with Crippen molar-refractivity contribution < 1.29 is 14.3 Å². The highest BCUT2D eigenvalue weighted by molar-refractivity contribution is 7.18. The Morgan fingerprint density at radius 3 is 2.67 bits per heavy atom. The molecule has 1 heterocycles. The fourth-order valence-corrected chi connectivity index (χ4v) is 3.47. The van der Waals surface area contributed by atoms with Crippen molar-refractivity contribution in [1.82, 2.24) is 4.98 Å². The van der Waals surface area contributed by atoms with Gasteiger partial charge in [0.05, 0.1) is 19.4 Å². The summed E-state index contributed by atoms with van der Waals surface area (Å²) in [6.07, 6.45) is 0. The standard InChI is InChI=1S/C19H18ClN3O3S/c1-3-26-13-7-4-11(5-8-13)16(24)17-18(21)23-19(27-17)22-14-10-12(20)6-9-15(14)25-2/h4-10H,3,21H2,1-2H3,(H,22,23). The minimum atomic E-state index is -0.195. The quantitative estimate of drug-likeness (QED) is 0.553. The van der Waals surface area contributed by atoms with Crippen molar-refractivity contribution in [3.05, 3.63) is 57.9 Å². The first-order valence-electron chi connectivity index (χ1n) is 8.16. The maximum absolute atomic E-state index is 12.8. The Kier molecular flexibility index (Phi) is 5.83. The molecule has 0 saturated heterocycles. The molecule has 0 aliphatic heterocycles. The largest absolute Gasteiger partial charge is 0.495 e. The van der Waals surface area contributed by atoms with E-state index in [9.17, 15) is 4.79 Å². The molecule has 0 saturated carbocycles. The maximum atomic E-state index is 12.8. The zero-order valence-electron chi connectivity index (χ0n) is 14.8.